The molecule has 5 heteroatoms. The van der Waals surface area contributed by atoms with Crippen LogP contribution in [0.5, 0.6) is 0 Å². The monoisotopic (exact) mass is 279 g/mol. The molecule has 1 atom stereocenters. The van der Waals surface area contributed by atoms with E-state index in [-0.39, 0.29) is 5.84 Å². The topological polar surface area (TPSA) is 70.6 Å². The molecule has 0 spiro atoms. The van der Waals surface area contributed by atoms with Crippen molar-refractivity contribution >= 4 is 17.6 Å². The lowest BCUT2D eigenvalue weighted by molar-refractivity contribution is 0.318. The van der Waals surface area contributed by atoms with Crippen molar-refractivity contribution in [2.45, 2.75) is 32.4 Å². The molecular formula is C14H21N3OS. The van der Waals surface area contributed by atoms with Gasteiger partial charge in [-0.2, -0.15) is 11.8 Å². The first kappa shape index (κ1) is 14.2. The highest BCUT2D eigenvalue weighted by atomic mass is 32.2. The first-order valence-electron chi connectivity index (χ1n) is 6.59. The Bertz CT molecular complexity index is 456. The Hall–Kier alpha value is -1.20. The summed E-state index contributed by atoms with van der Waals surface area (Å²) in [7, 11) is 0. The summed E-state index contributed by atoms with van der Waals surface area (Å²) in [6, 6.07) is 6.53. The van der Waals surface area contributed by atoms with Crippen molar-refractivity contribution in [2.75, 3.05) is 11.5 Å². The fourth-order valence-corrected chi connectivity index (χ4v) is 3.37. The third-order valence-electron chi connectivity index (χ3n) is 3.49. The molecule has 19 heavy (non-hydrogen) atoms. The number of aryl methyl sites for hydroxylation is 1. The Kier molecular flexibility index (Phi) is 5.10. The van der Waals surface area contributed by atoms with Crippen LogP contribution in [0.1, 0.15) is 29.5 Å². The largest absolute Gasteiger partial charge is 0.409 e. The van der Waals surface area contributed by atoms with Gasteiger partial charge in [-0.1, -0.05) is 17.3 Å². The molecule has 4 N–H and O–H groups in total. The van der Waals surface area contributed by atoms with E-state index in [1.54, 1.807) is 0 Å². The van der Waals surface area contributed by atoms with Crippen molar-refractivity contribution in [3.8, 4) is 0 Å². The zero-order chi connectivity index (χ0) is 13.7. The highest BCUT2D eigenvalue weighted by molar-refractivity contribution is 7.99. The van der Waals surface area contributed by atoms with E-state index in [4.69, 9.17) is 10.9 Å². The molecule has 0 bridgehead atoms. The van der Waals surface area contributed by atoms with Gasteiger partial charge in [-0.25, -0.2) is 0 Å². The molecule has 0 aromatic heterocycles. The van der Waals surface area contributed by atoms with Crippen molar-refractivity contribution in [3.63, 3.8) is 0 Å². The van der Waals surface area contributed by atoms with Gasteiger partial charge in [-0.05, 0) is 42.7 Å². The van der Waals surface area contributed by atoms with E-state index in [1.165, 1.54) is 35.5 Å². The number of benzene rings is 1. The summed E-state index contributed by atoms with van der Waals surface area (Å²) in [5.41, 5.74) is 8.78. The number of nitrogens with zero attached hydrogens (tertiary/aromatic N) is 1. The lowest BCUT2D eigenvalue weighted by Crippen LogP contribution is -2.33. The number of hydrogen-bond acceptors (Lipinski definition) is 4. The standard InChI is InChI=1S/C14H21N3OS/c1-10-7-11(14(15)17-18)4-5-12(10)8-16-13-3-2-6-19-9-13/h4-5,7,13,16,18H,2-3,6,8-9H2,1H3,(H2,15,17). The summed E-state index contributed by atoms with van der Waals surface area (Å²) in [5, 5.41) is 15.3. The molecule has 104 valence electrons. The number of rotatable bonds is 4. The number of hydrogen-bond donors (Lipinski definition) is 3. The van der Waals surface area contributed by atoms with Crippen molar-refractivity contribution < 1.29 is 5.21 Å². The minimum atomic E-state index is 0.159. The van der Waals surface area contributed by atoms with Crippen LogP contribution in [0.15, 0.2) is 23.4 Å². The van der Waals surface area contributed by atoms with Gasteiger partial charge in [-0.3, -0.25) is 0 Å². The van der Waals surface area contributed by atoms with E-state index in [0.29, 0.717) is 6.04 Å². The minimum Gasteiger partial charge on any atom is -0.409 e. The zero-order valence-corrected chi connectivity index (χ0v) is 12.0. The number of nitrogens with two attached hydrogens (primary N) is 1. The van der Waals surface area contributed by atoms with Gasteiger partial charge < -0.3 is 16.3 Å². The highest BCUT2D eigenvalue weighted by Crippen LogP contribution is 2.18. The van der Waals surface area contributed by atoms with Gasteiger partial charge in [0.05, 0.1) is 0 Å². The highest BCUT2D eigenvalue weighted by Gasteiger charge is 2.13. The molecule has 0 saturated carbocycles. The third-order valence-corrected chi connectivity index (χ3v) is 4.70. The molecule has 1 aromatic rings. The van der Waals surface area contributed by atoms with Gasteiger partial charge in [0.25, 0.3) is 0 Å². The molecule has 0 aliphatic carbocycles. The fraction of sp³-hybridized carbons (Fsp3) is 0.500. The Labute approximate surface area is 118 Å². The normalized spacial score (nSPS) is 20.5. The summed E-state index contributed by atoms with van der Waals surface area (Å²) in [4.78, 5) is 0. The molecule has 1 saturated heterocycles. The zero-order valence-electron chi connectivity index (χ0n) is 11.2. The quantitative estimate of drug-likeness (QED) is 0.341. The Balaban J connectivity index is 1.97. The Morgan fingerprint density at radius 1 is 1.58 bits per heavy atom. The van der Waals surface area contributed by atoms with E-state index in [2.05, 4.69) is 17.4 Å². The van der Waals surface area contributed by atoms with Gasteiger partial charge in [0, 0.05) is 23.9 Å². The van der Waals surface area contributed by atoms with E-state index in [1.807, 2.05) is 30.0 Å². The minimum absolute atomic E-state index is 0.159. The van der Waals surface area contributed by atoms with E-state index in [0.717, 1.165) is 12.1 Å². The Morgan fingerprint density at radius 2 is 2.42 bits per heavy atom. The number of oxime groups is 1. The predicted molar refractivity (Wildman–Crippen MR) is 80.9 cm³/mol. The number of amidine groups is 1. The van der Waals surface area contributed by atoms with Gasteiger partial charge in [0.2, 0.25) is 0 Å². The molecule has 1 heterocycles. The van der Waals surface area contributed by atoms with Crippen LogP contribution in [0.25, 0.3) is 0 Å². The molecule has 1 aromatic carbocycles. The SMILES string of the molecule is Cc1cc(/C(N)=N/O)ccc1CNC1CCCSC1. The van der Waals surface area contributed by atoms with Crippen LogP contribution >= 0.6 is 11.8 Å². The molecule has 1 fully saturated rings. The van der Waals surface area contributed by atoms with Crippen LogP contribution in [0, 0.1) is 6.92 Å². The maximum absolute atomic E-state index is 8.67. The second-order valence-corrected chi connectivity index (χ2v) is 6.07. The lowest BCUT2D eigenvalue weighted by Gasteiger charge is -2.23. The molecule has 0 radical (unpaired) electrons. The van der Waals surface area contributed by atoms with Crippen molar-refractivity contribution in [2.24, 2.45) is 10.9 Å². The molecule has 1 aliphatic heterocycles. The number of nitrogens with one attached hydrogen (secondary N) is 1. The average molecular weight is 279 g/mol. The third kappa shape index (κ3) is 3.88. The number of thioether (sulfide) groups is 1. The maximum Gasteiger partial charge on any atom is 0.170 e. The molecule has 1 unspecified atom stereocenters. The second-order valence-electron chi connectivity index (χ2n) is 4.92. The van der Waals surface area contributed by atoms with E-state index >= 15 is 0 Å². The van der Waals surface area contributed by atoms with Crippen LogP contribution in [0.4, 0.5) is 0 Å². The van der Waals surface area contributed by atoms with Crippen LogP contribution < -0.4 is 11.1 Å². The van der Waals surface area contributed by atoms with E-state index < -0.39 is 0 Å². The second kappa shape index (κ2) is 6.82. The lowest BCUT2D eigenvalue weighted by atomic mass is 10.0. The van der Waals surface area contributed by atoms with Crippen LogP contribution in [0.2, 0.25) is 0 Å². The maximum atomic E-state index is 8.67. The molecule has 2 rings (SSSR count). The van der Waals surface area contributed by atoms with Crippen LogP contribution in [-0.4, -0.2) is 28.6 Å². The van der Waals surface area contributed by atoms with Crippen molar-refractivity contribution in [1.82, 2.24) is 5.32 Å². The molecule has 1 aliphatic rings. The molecular weight excluding hydrogens is 258 g/mol. The summed E-state index contributed by atoms with van der Waals surface area (Å²) >= 11 is 2.03. The van der Waals surface area contributed by atoms with Crippen molar-refractivity contribution in [3.05, 3.63) is 34.9 Å². The summed E-state index contributed by atoms with van der Waals surface area (Å²) in [5.74, 6) is 2.67. The van der Waals surface area contributed by atoms with Gasteiger partial charge in [-0.15, -0.1) is 0 Å². The summed E-state index contributed by atoms with van der Waals surface area (Å²) in [6.45, 7) is 2.94. The van der Waals surface area contributed by atoms with E-state index in [9.17, 15) is 0 Å². The van der Waals surface area contributed by atoms with Crippen LogP contribution in [0.3, 0.4) is 0 Å². The smallest absolute Gasteiger partial charge is 0.170 e. The summed E-state index contributed by atoms with van der Waals surface area (Å²) < 4.78 is 0. The Morgan fingerprint density at radius 3 is 3.05 bits per heavy atom. The predicted octanol–water partition coefficient (Wildman–Crippen LogP) is 2.07. The van der Waals surface area contributed by atoms with Crippen LogP contribution in [-0.2, 0) is 6.54 Å². The average Bonchev–Trinajstić information content (AvgIpc) is 2.46. The summed E-state index contributed by atoms with van der Waals surface area (Å²) in [6.07, 6.45) is 2.58. The molecule has 0 amide bonds. The van der Waals surface area contributed by atoms with Gasteiger partial charge >= 0.3 is 0 Å². The van der Waals surface area contributed by atoms with Crippen molar-refractivity contribution in [1.29, 1.82) is 0 Å². The van der Waals surface area contributed by atoms with Gasteiger partial charge in [0.1, 0.15) is 0 Å². The first-order chi connectivity index (χ1) is 9.20. The molecule has 4 nitrogen and oxygen atoms in total. The van der Waals surface area contributed by atoms with Gasteiger partial charge in [0.15, 0.2) is 5.84 Å². The fourth-order valence-electron chi connectivity index (χ4n) is 2.27. The first-order valence-corrected chi connectivity index (χ1v) is 7.74.